The fourth-order valence-electron chi connectivity index (χ4n) is 3.88. The molecule has 3 aliphatic rings. The second-order valence-electron chi connectivity index (χ2n) is 6.96. The number of anilines is 1. The Morgan fingerprint density at radius 3 is 2.90 bits per heavy atom. The molecule has 112 valence electrons. The molecule has 1 saturated carbocycles. The van der Waals surface area contributed by atoms with Crippen LogP contribution in [0.2, 0.25) is 0 Å². The Kier molecular flexibility index (Phi) is 2.61. The maximum atomic E-state index is 12.3. The molecule has 2 unspecified atom stereocenters. The number of carbonyl (C=O) groups excluding carboxylic acids is 1. The van der Waals surface area contributed by atoms with E-state index in [1.807, 2.05) is 26.1 Å². The Balaban J connectivity index is 1.45. The summed E-state index contributed by atoms with van der Waals surface area (Å²) in [5, 5.41) is 5.99. The van der Waals surface area contributed by atoms with Gasteiger partial charge in [-0.1, -0.05) is 0 Å². The van der Waals surface area contributed by atoms with Crippen LogP contribution in [-0.2, 0) is 17.6 Å². The van der Waals surface area contributed by atoms with Crippen molar-refractivity contribution in [3.05, 3.63) is 23.4 Å². The number of hydrogen-bond acceptors (Lipinski definition) is 3. The van der Waals surface area contributed by atoms with Crippen LogP contribution in [0.3, 0.4) is 0 Å². The van der Waals surface area contributed by atoms with E-state index in [1.165, 1.54) is 17.5 Å². The van der Waals surface area contributed by atoms with Crippen LogP contribution in [-0.4, -0.2) is 28.8 Å². The first-order valence-corrected chi connectivity index (χ1v) is 7.71. The summed E-state index contributed by atoms with van der Waals surface area (Å²) >= 11 is 0. The number of ether oxygens (including phenoxy) is 1. The van der Waals surface area contributed by atoms with Crippen LogP contribution in [0.25, 0.3) is 0 Å². The smallest absolute Gasteiger partial charge is 0.320 e. The molecule has 1 aliphatic heterocycles. The molecule has 2 aliphatic carbocycles. The average molecular weight is 287 g/mol. The summed E-state index contributed by atoms with van der Waals surface area (Å²) in [7, 11) is 0. The Morgan fingerprint density at radius 2 is 2.19 bits per heavy atom. The quantitative estimate of drug-likeness (QED) is 0.877. The zero-order valence-corrected chi connectivity index (χ0v) is 12.5. The number of hydrogen-bond donors (Lipinski definition) is 2. The zero-order chi connectivity index (χ0) is 14.7. The van der Waals surface area contributed by atoms with Gasteiger partial charge >= 0.3 is 6.03 Å². The molecule has 2 amide bonds. The highest BCUT2D eigenvalue weighted by Crippen LogP contribution is 2.57. The fraction of sp³-hybridized carbons (Fsp3) is 0.625. The molecule has 2 heterocycles. The molecule has 1 aromatic rings. The first-order valence-electron chi connectivity index (χ1n) is 7.71. The van der Waals surface area contributed by atoms with E-state index in [0.717, 1.165) is 25.9 Å². The Hall–Kier alpha value is -1.62. The topological polar surface area (TPSA) is 63.2 Å². The molecule has 1 saturated heterocycles. The van der Waals surface area contributed by atoms with Gasteiger partial charge in [0.25, 0.3) is 0 Å². The normalized spacial score (nSPS) is 31.4. The van der Waals surface area contributed by atoms with E-state index in [2.05, 4.69) is 15.6 Å². The minimum absolute atomic E-state index is 0.179. The summed E-state index contributed by atoms with van der Waals surface area (Å²) in [4.78, 5) is 16.6. The Bertz CT molecular complexity index is 614. The number of urea groups is 1. The first-order chi connectivity index (χ1) is 10.0. The van der Waals surface area contributed by atoms with E-state index in [9.17, 15) is 4.79 Å². The van der Waals surface area contributed by atoms with Crippen LogP contribution in [0.4, 0.5) is 10.6 Å². The fourth-order valence-corrected chi connectivity index (χ4v) is 3.88. The molecule has 0 bridgehead atoms. The predicted octanol–water partition coefficient (Wildman–Crippen LogP) is 2.26. The van der Waals surface area contributed by atoms with Crippen LogP contribution in [0.1, 0.15) is 37.8 Å². The highest BCUT2D eigenvalue weighted by molar-refractivity contribution is 5.89. The van der Waals surface area contributed by atoms with E-state index >= 15 is 0 Å². The van der Waals surface area contributed by atoms with Gasteiger partial charge in [-0.15, -0.1) is 0 Å². The molecule has 5 heteroatoms. The van der Waals surface area contributed by atoms with Crippen molar-refractivity contribution in [2.24, 2.45) is 5.92 Å². The van der Waals surface area contributed by atoms with E-state index in [1.54, 1.807) is 0 Å². The highest BCUT2D eigenvalue weighted by atomic mass is 16.5. The van der Waals surface area contributed by atoms with E-state index < -0.39 is 0 Å². The molecule has 4 rings (SSSR count). The van der Waals surface area contributed by atoms with Gasteiger partial charge in [0, 0.05) is 12.1 Å². The lowest BCUT2D eigenvalue weighted by atomic mass is 9.96. The summed E-state index contributed by atoms with van der Waals surface area (Å²) in [6.45, 7) is 4.84. The second kappa shape index (κ2) is 4.19. The zero-order valence-electron chi connectivity index (χ0n) is 12.5. The van der Waals surface area contributed by atoms with Gasteiger partial charge in [0.2, 0.25) is 0 Å². The number of amides is 2. The summed E-state index contributed by atoms with van der Waals surface area (Å²) in [5.74, 6) is 1.09. The third kappa shape index (κ3) is 1.94. The van der Waals surface area contributed by atoms with Gasteiger partial charge in [0.05, 0.1) is 17.7 Å². The third-order valence-electron chi connectivity index (χ3n) is 5.38. The molecular weight excluding hydrogens is 266 g/mol. The van der Waals surface area contributed by atoms with E-state index in [-0.39, 0.29) is 17.2 Å². The molecule has 0 radical (unpaired) electrons. The van der Waals surface area contributed by atoms with Gasteiger partial charge in [-0.3, -0.25) is 5.32 Å². The molecule has 2 N–H and O–H groups in total. The van der Waals surface area contributed by atoms with Crippen LogP contribution >= 0.6 is 0 Å². The highest BCUT2D eigenvalue weighted by Gasteiger charge is 2.69. The van der Waals surface area contributed by atoms with Gasteiger partial charge in [-0.2, -0.15) is 0 Å². The van der Waals surface area contributed by atoms with Gasteiger partial charge in [0.1, 0.15) is 5.82 Å². The van der Waals surface area contributed by atoms with Crippen molar-refractivity contribution in [3.8, 4) is 0 Å². The standard InChI is InChI=1S/C16H21N3O2/c1-15(2)16(7-12(16)9-21-15)19-14(20)18-13-6-10-4-3-5-11(10)8-17-13/h6,8,12H,3-5,7,9H2,1-2H3,(H2,17,18,19,20). The number of fused-ring (bicyclic) bond motifs is 2. The predicted molar refractivity (Wildman–Crippen MR) is 79.3 cm³/mol. The number of pyridine rings is 1. The number of nitrogens with one attached hydrogen (secondary N) is 2. The molecule has 0 spiro atoms. The minimum atomic E-state index is -0.291. The number of aryl methyl sites for hydroxylation is 2. The van der Waals surface area contributed by atoms with Crippen molar-refractivity contribution in [2.45, 2.75) is 50.7 Å². The van der Waals surface area contributed by atoms with Crippen LogP contribution in [0, 0.1) is 5.92 Å². The molecule has 1 aromatic heterocycles. The van der Waals surface area contributed by atoms with E-state index in [0.29, 0.717) is 11.7 Å². The summed E-state index contributed by atoms with van der Waals surface area (Å²) in [5.41, 5.74) is 2.13. The van der Waals surface area contributed by atoms with Crippen molar-refractivity contribution in [3.63, 3.8) is 0 Å². The van der Waals surface area contributed by atoms with Crippen molar-refractivity contribution in [1.82, 2.24) is 10.3 Å². The number of carbonyl (C=O) groups is 1. The van der Waals surface area contributed by atoms with Gasteiger partial charge in [-0.05, 0) is 56.7 Å². The lowest BCUT2D eigenvalue weighted by Gasteiger charge is -2.31. The largest absolute Gasteiger partial charge is 0.373 e. The second-order valence-corrected chi connectivity index (χ2v) is 6.96. The monoisotopic (exact) mass is 287 g/mol. The third-order valence-corrected chi connectivity index (χ3v) is 5.38. The van der Waals surface area contributed by atoms with Crippen molar-refractivity contribution < 1.29 is 9.53 Å². The summed E-state index contributed by atoms with van der Waals surface area (Å²) in [6.07, 6.45) is 6.26. The molecular formula is C16H21N3O2. The van der Waals surface area contributed by atoms with Crippen molar-refractivity contribution >= 4 is 11.8 Å². The Morgan fingerprint density at radius 1 is 1.38 bits per heavy atom. The number of nitrogens with zero attached hydrogens (tertiary/aromatic N) is 1. The number of rotatable bonds is 2. The van der Waals surface area contributed by atoms with E-state index in [4.69, 9.17) is 4.74 Å². The van der Waals surface area contributed by atoms with Gasteiger partial charge in [-0.25, -0.2) is 9.78 Å². The molecule has 2 atom stereocenters. The Labute approximate surface area is 124 Å². The maximum Gasteiger partial charge on any atom is 0.320 e. The summed E-state index contributed by atoms with van der Waals surface area (Å²) < 4.78 is 5.76. The van der Waals surface area contributed by atoms with Gasteiger partial charge < -0.3 is 10.1 Å². The van der Waals surface area contributed by atoms with Crippen molar-refractivity contribution in [2.75, 3.05) is 11.9 Å². The van der Waals surface area contributed by atoms with Gasteiger partial charge in [0.15, 0.2) is 0 Å². The first kappa shape index (κ1) is 13.1. The molecule has 5 nitrogen and oxygen atoms in total. The minimum Gasteiger partial charge on any atom is -0.373 e. The summed E-state index contributed by atoms with van der Waals surface area (Å²) in [6, 6.07) is 1.82. The molecule has 0 aromatic carbocycles. The SMILES string of the molecule is CC1(C)OCC2CC21NC(=O)Nc1cc2c(cn1)CCC2. The maximum absolute atomic E-state index is 12.3. The number of aromatic nitrogens is 1. The van der Waals surface area contributed by atoms with Crippen molar-refractivity contribution in [1.29, 1.82) is 0 Å². The molecule has 21 heavy (non-hydrogen) atoms. The lowest BCUT2D eigenvalue weighted by Crippen LogP contribution is -2.52. The average Bonchev–Trinajstić information content (AvgIpc) is 2.84. The van der Waals surface area contributed by atoms with Crippen LogP contribution in [0.15, 0.2) is 12.3 Å². The van der Waals surface area contributed by atoms with Crippen LogP contribution in [0.5, 0.6) is 0 Å². The lowest BCUT2D eigenvalue weighted by molar-refractivity contribution is -0.00667. The molecule has 2 fully saturated rings. The van der Waals surface area contributed by atoms with Crippen LogP contribution < -0.4 is 10.6 Å².